The molecule has 0 heterocycles. The van der Waals surface area contributed by atoms with Crippen LogP contribution in [0.2, 0.25) is 10.0 Å². The summed E-state index contributed by atoms with van der Waals surface area (Å²) in [5, 5.41) is 22.9. The first-order chi connectivity index (χ1) is 19.0. The average molecular weight is 661 g/mol. The van der Waals surface area contributed by atoms with E-state index in [1.54, 1.807) is 30.3 Å². The molecule has 1 amide bonds. The molecule has 0 fully saturated rings. The van der Waals surface area contributed by atoms with Gasteiger partial charge < -0.3 is 15.5 Å². The molecule has 0 aliphatic heterocycles. The number of aryl methyl sites for hydroxylation is 1. The second kappa shape index (κ2) is 13.1. The molecule has 3 N–H and O–H groups in total. The summed E-state index contributed by atoms with van der Waals surface area (Å²) in [6.45, 7) is 2.08. The number of aliphatic carboxylic acids is 1. The fourth-order valence-electron chi connectivity index (χ4n) is 3.99. The summed E-state index contributed by atoms with van der Waals surface area (Å²) in [5.74, 6) is -2.10. The number of carbonyl (C=O) groups is 2. The van der Waals surface area contributed by atoms with Crippen molar-refractivity contribution < 1.29 is 36.6 Å². The Morgan fingerprint density at radius 3 is 1.95 bits per heavy atom. The van der Waals surface area contributed by atoms with E-state index >= 15 is 0 Å². The maximum absolute atomic E-state index is 13.1. The fraction of sp³-hybridized carbons (Fsp3) is 0.259. The van der Waals surface area contributed by atoms with Crippen LogP contribution in [0, 0.1) is 0 Å². The van der Waals surface area contributed by atoms with Crippen LogP contribution >= 0.6 is 31.1 Å². The number of amides is 1. The predicted octanol–water partition coefficient (Wildman–Crippen LogP) is 3.91. The number of carbonyl (C=O) groups excluding carboxylic acids is 1. The predicted molar refractivity (Wildman–Crippen MR) is 161 cm³/mol. The van der Waals surface area contributed by atoms with Crippen molar-refractivity contribution in [1.29, 1.82) is 0 Å². The quantitative estimate of drug-likeness (QED) is 0.262. The van der Waals surface area contributed by atoms with Gasteiger partial charge in [0.1, 0.15) is 11.8 Å². The minimum atomic E-state index is -3.82. The summed E-state index contributed by atoms with van der Waals surface area (Å²) in [7, 11) is -8.22. The number of benzene rings is 3. The number of carboxylic acid groups (broad SMARTS) is 1. The Bertz CT molecular complexity index is 1640. The normalized spacial score (nSPS) is 13.4. The van der Waals surface area contributed by atoms with Crippen molar-refractivity contribution in [1.82, 2.24) is 5.32 Å². The summed E-state index contributed by atoms with van der Waals surface area (Å²) in [4.78, 5) is 24.5. The Kier molecular flexibility index (Phi) is 10.5. The van der Waals surface area contributed by atoms with E-state index in [9.17, 15) is 36.6 Å². The molecule has 14 heteroatoms. The molecule has 0 radical (unpaired) electrons. The fourth-order valence-corrected chi connectivity index (χ4v) is 7.72. The van der Waals surface area contributed by atoms with Crippen LogP contribution in [0.1, 0.15) is 21.5 Å². The number of halogens is 2. The van der Waals surface area contributed by atoms with E-state index in [1.807, 2.05) is 6.07 Å². The van der Waals surface area contributed by atoms with Crippen molar-refractivity contribution in [3.8, 4) is 5.75 Å². The smallest absolute Gasteiger partial charge is 0.326 e. The number of phenols is 1. The first-order valence-corrected chi connectivity index (χ1v) is 18.5. The van der Waals surface area contributed by atoms with Gasteiger partial charge >= 0.3 is 5.97 Å². The number of rotatable bonds is 11. The van der Waals surface area contributed by atoms with Crippen LogP contribution < -0.4 is 10.6 Å². The lowest BCUT2D eigenvalue weighted by Gasteiger charge is -2.18. The van der Waals surface area contributed by atoms with E-state index < -0.39 is 51.9 Å². The first-order valence-electron chi connectivity index (χ1n) is 12.0. The van der Waals surface area contributed by atoms with E-state index in [1.165, 1.54) is 12.1 Å². The van der Waals surface area contributed by atoms with Gasteiger partial charge in [-0.15, -0.1) is 0 Å². The largest absolute Gasteiger partial charge is 0.508 e. The van der Waals surface area contributed by atoms with Crippen molar-refractivity contribution in [2.45, 2.75) is 28.7 Å². The molecule has 0 bridgehead atoms. The van der Waals surface area contributed by atoms with Gasteiger partial charge in [-0.2, -0.15) is 0 Å². The van der Waals surface area contributed by atoms with Gasteiger partial charge in [0.25, 0.3) is 5.91 Å². The van der Waals surface area contributed by atoms with Crippen molar-refractivity contribution in [3.63, 3.8) is 0 Å². The van der Waals surface area contributed by atoms with Crippen molar-refractivity contribution in [3.05, 3.63) is 81.3 Å². The third-order valence-corrected chi connectivity index (χ3v) is 11.0. The van der Waals surface area contributed by atoms with Gasteiger partial charge in [-0.05, 0) is 78.1 Å². The molecule has 3 aromatic carbocycles. The Morgan fingerprint density at radius 2 is 1.46 bits per heavy atom. The summed E-state index contributed by atoms with van der Waals surface area (Å²) < 4.78 is 48.4. The molecular weight excluding hydrogens is 632 g/mol. The highest BCUT2D eigenvalue weighted by Crippen LogP contribution is 2.33. The zero-order valence-corrected chi connectivity index (χ0v) is 26.3. The van der Waals surface area contributed by atoms with Gasteiger partial charge in [-0.3, -0.25) is 4.79 Å². The highest BCUT2D eigenvalue weighted by molar-refractivity contribution is 7.91. The maximum atomic E-state index is 13.1. The van der Waals surface area contributed by atoms with E-state index in [2.05, 4.69) is 12.0 Å². The lowest BCUT2D eigenvalue weighted by Crippen LogP contribution is -2.42. The van der Waals surface area contributed by atoms with Crippen LogP contribution in [0.4, 0.5) is 0 Å². The van der Waals surface area contributed by atoms with E-state index in [-0.39, 0.29) is 36.7 Å². The molecular formula is C27H28Cl2NO8PS2. The molecule has 0 saturated heterocycles. The lowest BCUT2D eigenvalue weighted by molar-refractivity contribution is -0.139. The second-order valence-corrected chi connectivity index (χ2v) is 16.8. The highest BCUT2D eigenvalue weighted by atomic mass is 35.5. The zero-order valence-electron chi connectivity index (χ0n) is 22.3. The third kappa shape index (κ3) is 8.90. The number of hydrogen-bond donors (Lipinski definition) is 3. The molecule has 0 saturated carbocycles. The Morgan fingerprint density at radius 1 is 0.902 bits per heavy atom. The Labute approximate surface area is 250 Å². The standard InChI is InChI=1S/C27H28Cl2NO8PS2/c1-39(19-6-4-5-18(31)14-19)8-7-16-11-22(28)25(23(29)12-16)26(32)30-24(27(33)34)13-17-9-20(40(2,35)36)15-21(10-17)41(3,37)38/h4-6,9-12,14-15,24,31H,7-8,13H2,1-3H3,(H,30,32)(H,33,34). The topological polar surface area (TPSA) is 155 Å². The first kappa shape index (κ1) is 32.8. The van der Waals surface area contributed by atoms with Gasteiger partial charge in [0.15, 0.2) is 19.7 Å². The monoisotopic (exact) mass is 659 g/mol. The van der Waals surface area contributed by atoms with Gasteiger partial charge in [0.05, 0.1) is 25.4 Å². The summed E-state index contributed by atoms with van der Waals surface area (Å²) >= 11 is 12.8. The van der Waals surface area contributed by atoms with E-state index in [4.69, 9.17) is 23.2 Å². The van der Waals surface area contributed by atoms with Crippen molar-refractivity contribution in [2.75, 3.05) is 25.3 Å². The molecule has 3 rings (SSSR count). The van der Waals surface area contributed by atoms with Crippen LogP contribution in [0.25, 0.3) is 0 Å². The minimum Gasteiger partial charge on any atom is -0.508 e. The zero-order chi connectivity index (χ0) is 30.7. The average Bonchev–Trinajstić information content (AvgIpc) is 2.85. The SMILES string of the molecule is CP(CCc1cc(Cl)c(C(=O)NC(Cc2cc(S(C)(=O)=O)cc(S(C)(=O)=O)c2)C(=O)O)c(Cl)c1)c1cccc(O)c1. The molecule has 0 aliphatic carbocycles. The van der Waals surface area contributed by atoms with Crippen LogP contribution in [0.5, 0.6) is 5.75 Å². The lowest BCUT2D eigenvalue weighted by atomic mass is 10.0. The molecule has 0 aliphatic rings. The van der Waals surface area contributed by atoms with Gasteiger partial charge in [0.2, 0.25) is 0 Å². The van der Waals surface area contributed by atoms with Gasteiger partial charge in [-0.25, -0.2) is 21.6 Å². The second-order valence-electron chi connectivity index (χ2n) is 9.55. The molecule has 2 atom stereocenters. The molecule has 9 nitrogen and oxygen atoms in total. The molecule has 0 spiro atoms. The third-order valence-electron chi connectivity index (χ3n) is 6.17. The molecule has 2 unspecified atom stereocenters. The Balaban J connectivity index is 1.81. The minimum absolute atomic E-state index is 0.0189. The summed E-state index contributed by atoms with van der Waals surface area (Å²) in [5.41, 5.74) is 0.722. The Hall–Kier alpha value is -2.69. The van der Waals surface area contributed by atoms with Crippen LogP contribution in [-0.4, -0.2) is 70.3 Å². The van der Waals surface area contributed by atoms with E-state index in [0.29, 0.717) is 6.42 Å². The van der Waals surface area contributed by atoms with E-state index in [0.717, 1.165) is 35.6 Å². The number of phenolic OH excluding ortho intramolecular Hbond substituents is 1. The summed E-state index contributed by atoms with van der Waals surface area (Å²) in [6, 6.07) is 12.0. The maximum Gasteiger partial charge on any atom is 0.326 e. The number of hydrogen-bond acceptors (Lipinski definition) is 7. The van der Waals surface area contributed by atoms with Crippen molar-refractivity contribution >= 4 is 68.0 Å². The number of nitrogens with one attached hydrogen (secondary N) is 1. The number of aromatic hydroxyl groups is 1. The van der Waals surface area contributed by atoms with Crippen molar-refractivity contribution in [2.24, 2.45) is 0 Å². The molecule has 220 valence electrons. The van der Waals surface area contributed by atoms with Gasteiger partial charge in [-0.1, -0.05) is 43.3 Å². The molecule has 0 aromatic heterocycles. The van der Waals surface area contributed by atoms with Crippen LogP contribution in [0.3, 0.4) is 0 Å². The molecule has 41 heavy (non-hydrogen) atoms. The van der Waals surface area contributed by atoms with Gasteiger partial charge in [0, 0.05) is 18.9 Å². The highest BCUT2D eigenvalue weighted by Gasteiger charge is 2.26. The van der Waals surface area contributed by atoms with Crippen LogP contribution in [-0.2, 0) is 37.3 Å². The van der Waals surface area contributed by atoms with Crippen LogP contribution in [0.15, 0.2) is 64.4 Å². The number of carboxylic acids is 1. The summed E-state index contributed by atoms with van der Waals surface area (Å²) in [6.07, 6.45) is 2.75. The number of sulfone groups is 2. The molecule has 3 aromatic rings.